The fourth-order valence-corrected chi connectivity index (χ4v) is 6.56. The standard InChI is InChI=1S/C32H30N6O3S2/c1-21-4-6-23(7-5-21)31-36-24(19-42-31)20-43-32-27(17-34)29(26(16-33)30(37-32)38-12-2-3-13-38)22-8-10-25(11-9-22)40-14-15-41-28(39)18-35/h4-11,19H,2-3,12-15,18,20,35H2,1H3. The highest BCUT2D eigenvalue weighted by Gasteiger charge is 2.26. The maximum atomic E-state index is 11.2. The zero-order chi connectivity index (χ0) is 30.2. The highest BCUT2D eigenvalue weighted by atomic mass is 32.2. The lowest BCUT2D eigenvalue weighted by molar-refractivity contribution is -0.142. The summed E-state index contributed by atoms with van der Waals surface area (Å²) in [5, 5.41) is 24.2. The third-order valence-corrected chi connectivity index (χ3v) is 8.86. The Hall–Kier alpha value is -4.42. The Labute approximate surface area is 258 Å². The average molecular weight is 611 g/mol. The van der Waals surface area contributed by atoms with Gasteiger partial charge in [-0.15, -0.1) is 11.3 Å². The van der Waals surface area contributed by atoms with Gasteiger partial charge in [0.1, 0.15) is 52.5 Å². The molecule has 0 bridgehead atoms. The molecule has 1 saturated heterocycles. The molecule has 2 aromatic carbocycles. The van der Waals surface area contributed by atoms with Crippen molar-refractivity contribution in [3.63, 3.8) is 0 Å². The number of nitrogens with two attached hydrogens (primary N) is 1. The smallest absolute Gasteiger partial charge is 0.319 e. The van der Waals surface area contributed by atoms with Gasteiger partial charge in [-0.25, -0.2) is 9.97 Å². The minimum atomic E-state index is -0.492. The Kier molecular flexibility index (Phi) is 9.90. The number of thioether (sulfide) groups is 1. The van der Waals surface area contributed by atoms with Gasteiger partial charge in [-0.2, -0.15) is 10.5 Å². The first-order chi connectivity index (χ1) is 21.0. The molecule has 0 atom stereocenters. The molecule has 0 unspecified atom stereocenters. The molecule has 2 aromatic heterocycles. The van der Waals surface area contributed by atoms with Crippen LogP contribution in [0.2, 0.25) is 0 Å². The predicted octanol–water partition coefficient (Wildman–Crippen LogP) is 5.70. The van der Waals surface area contributed by atoms with Gasteiger partial charge in [-0.05, 0) is 37.5 Å². The minimum absolute atomic E-state index is 0.0879. The summed E-state index contributed by atoms with van der Waals surface area (Å²) in [6, 6.07) is 20.2. The van der Waals surface area contributed by atoms with Gasteiger partial charge in [-0.3, -0.25) is 4.79 Å². The van der Waals surface area contributed by atoms with E-state index in [4.69, 9.17) is 25.2 Å². The Morgan fingerprint density at radius 3 is 2.37 bits per heavy atom. The number of nitrogens with zero attached hydrogens (tertiary/aromatic N) is 5. The molecule has 1 fully saturated rings. The fourth-order valence-electron chi connectivity index (χ4n) is 4.75. The predicted molar refractivity (Wildman–Crippen MR) is 168 cm³/mol. The minimum Gasteiger partial charge on any atom is -0.490 e. The Balaban J connectivity index is 1.43. The molecule has 43 heavy (non-hydrogen) atoms. The van der Waals surface area contributed by atoms with Crippen molar-refractivity contribution >= 4 is 34.9 Å². The molecule has 218 valence electrons. The highest BCUT2D eigenvalue weighted by Crippen LogP contribution is 2.40. The molecule has 11 heteroatoms. The van der Waals surface area contributed by atoms with Crippen molar-refractivity contribution in [1.29, 1.82) is 10.5 Å². The summed E-state index contributed by atoms with van der Waals surface area (Å²) in [5.74, 6) is 1.22. The van der Waals surface area contributed by atoms with Gasteiger partial charge in [0.15, 0.2) is 0 Å². The molecule has 0 amide bonds. The Bertz CT molecular complexity index is 1670. The van der Waals surface area contributed by atoms with Gasteiger partial charge in [0.25, 0.3) is 0 Å². The van der Waals surface area contributed by atoms with Crippen LogP contribution in [-0.2, 0) is 15.3 Å². The van der Waals surface area contributed by atoms with E-state index >= 15 is 0 Å². The maximum Gasteiger partial charge on any atom is 0.319 e. The monoisotopic (exact) mass is 610 g/mol. The molecule has 2 N–H and O–H groups in total. The van der Waals surface area contributed by atoms with Crippen LogP contribution in [0.4, 0.5) is 5.82 Å². The number of nitriles is 2. The number of rotatable bonds is 11. The molecule has 5 rings (SSSR count). The molecule has 0 aliphatic carbocycles. The van der Waals surface area contributed by atoms with Gasteiger partial charge in [0.05, 0.1) is 17.8 Å². The Morgan fingerprint density at radius 1 is 1.00 bits per heavy atom. The van der Waals surface area contributed by atoms with E-state index in [0.29, 0.717) is 39.0 Å². The summed E-state index contributed by atoms with van der Waals surface area (Å²) >= 11 is 3.05. The second-order valence-corrected chi connectivity index (χ2v) is 11.7. The van der Waals surface area contributed by atoms with E-state index in [1.807, 2.05) is 17.5 Å². The van der Waals surface area contributed by atoms with E-state index in [0.717, 1.165) is 47.8 Å². The molecule has 4 aromatic rings. The third kappa shape index (κ3) is 7.15. The zero-order valence-corrected chi connectivity index (χ0v) is 25.3. The van der Waals surface area contributed by atoms with Crippen molar-refractivity contribution in [2.75, 3.05) is 37.7 Å². The number of carbonyl (C=O) groups excluding carboxylic acids is 1. The number of hydrogen-bond acceptors (Lipinski definition) is 11. The number of hydrogen-bond donors (Lipinski definition) is 1. The van der Waals surface area contributed by atoms with Gasteiger partial charge in [0.2, 0.25) is 0 Å². The van der Waals surface area contributed by atoms with Crippen LogP contribution in [0.25, 0.3) is 21.7 Å². The molecule has 1 aliphatic heterocycles. The highest BCUT2D eigenvalue weighted by molar-refractivity contribution is 7.98. The van der Waals surface area contributed by atoms with Gasteiger partial charge >= 0.3 is 5.97 Å². The topological polar surface area (TPSA) is 138 Å². The summed E-state index contributed by atoms with van der Waals surface area (Å²) in [7, 11) is 0. The van der Waals surface area contributed by atoms with E-state index in [1.54, 1.807) is 23.5 Å². The third-order valence-electron chi connectivity index (χ3n) is 6.91. The lowest BCUT2D eigenvalue weighted by Gasteiger charge is -2.22. The van der Waals surface area contributed by atoms with Crippen LogP contribution in [0, 0.1) is 29.6 Å². The van der Waals surface area contributed by atoms with Crippen molar-refractivity contribution in [2.45, 2.75) is 30.5 Å². The van der Waals surface area contributed by atoms with Crippen LogP contribution in [0.15, 0.2) is 58.9 Å². The van der Waals surface area contributed by atoms with Crippen LogP contribution in [0.5, 0.6) is 5.75 Å². The number of benzene rings is 2. The molecule has 1 aliphatic rings. The van der Waals surface area contributed by atoms with Gasteiger partial charge < -0.3 is 20.1 Å². The molecule has 9 nitrogen and oxygen atoms in total. The molecule has 0 saturated carbocycles. The summed E-state index contributed by atoms with van der Waals surface area (Å²) in [6.45, 7) is 3.76. The van der Waals surface area contributed by atoms with Crippen molar-refractivity contribution in [3.8, 4) is 39.6 Å². The fraction of sp³-hybridized carbons (Fsp3) is 0.281. The number of aromatic nitrogens is 2. The van der Waals surface area contributed by atoms with Crippen molar-refractivity contribution in [2.24, 2.45) is 5.73 Å². The number of pyridine rings is 1. The number of aryl methyl sites for hydroxylation is 1. The lowest BCUT2D eigenvalue weighted by Crippen LogP contribution is -2.21. The van der Waals surface area contributed by atoms with E-state index < -0.39 is 5.97 Å². The van der Waals surface area contributed by atoms with Crippen LogP contribution in [0.3, 0.4) is 0 Å². The zero-order valence-electron chi connectivity index (χ0n) is 23.7. The van der Waals surface area contributed by atoms with Crippen LogP contribution < -0.4 is 15.4 Å². The van der Waals surface area contributed by atoms with Crippen molar-refractivity contribution in [1.82, 2.24) is 9.97 Å². The number of anilines is 1. The van der Waals surface area contributed by atoms with Crippen LogP contribution in [0.1, 0.15) is 35.2 Å². The first-order valence-electron chi connectivity index (χ1n) is 13.9. The maximum absolute atomic E-state index is 11.2. The average Bonchev–Trinajstić information content (AvgIpc) is 3.75. The first kappa shape index (κ1) is 30.1. The Morgan fingerprint density at radius 2 is 1.70 bits per heavy atom. The largest absolute Gasteiger partial charge is 0.490 e. The summed E-state index contributed by atoms with van der Waals surface area (Å²) in [5.41, 5.74) is 10.5. The lowest BCUT2D eigenvalue weighted by atomic mass is 9.96. The van der Waals surface area contributed by atoms with E-state index in [-0.39, 0.29) is 19.8 Å². The number of carbonyl (C=O) groups is 1. The number of ether oxygens (including phenoxy) is 2. The summed E-state index contributed by atoms with van der Waals surface area (Å²) < 4.78 is 10.6. The number of thiazole rings is 1. The van der Waals surface area contributed by atoms with E-state index in [1.165, 1.54) is 17.3 Å². The first-order valence-corrected chi connectivity index (χ1v) is 15.7. The molecule has 0 spiro atoms. The molecular formula is C32H30N6O3S2. The van der Waals surface area contributed by atoms with Crippen molar-refractivity contribution in [3.05, 3.63) is 76.3 Å². The summed E-state index contributed by atoms with van der Waals surface area (Å²) in [4.78, 5) is 23.1. The van der Waals surface area contributed by atoms with E-state index in [9.17, 15) is 15.3 Å². The second kappa shape index (κ2) is 14.2. The van der Waals surface area contributed by atoms with Crippen LogP contribution >= 0.6 is 23.1 Å². The summed E-state index contributed by atoms with van der Waals surface area (Å²) in [6.07, 6.45) is 2.05. The number of esters is 1. The van der Waals surface area contributed by atoms with Gasteiger partial charge in [-0.1, -0.05) is 53.7 Å². The molecular weight excluding hydrogens is 581 g/mol. The molecule has 0 radical (unpaired) electrons. The molecule has 3 heterocycles. The SMILES string of the molecule is Cc1ccc(-c2nc(CSc3nc(N4CCCC4)c(C#N)c(-c4ccc(OCCOC(=O)CN)cc4)c3C#N)cs2)cc1. The van der Waals surface area contributed by atoms with Crippen LogP contribution in [-0.4, -0.2) is 48.8 Å². The van der Waals surface area contributed by atoms with E-state index in [2.05, 4.69) is 48.2 Å². The normalized spacial score (nSPS) is 12.5. The quantitative estimate of drug-likeness (QED) is 0.128. The second-order valence-electron chi connectivity index (χ2n) is 9.88. The van der Waals surface area contributed by atoms with Gasteiger partial charge in [0, 0.05) is 35.3 Å². The van der Waals surface area contributed by atoms with Crippen molar-refractivity contribution < 1.29 is 14.3 Å².